The molecule has 0 aliphatic carbocycles. The molecular weight excluding hydrogens is 420 g/mol. The first-order valence-corrected chi connectivity index (χ1v) is 9.56. The van der Waals surface area contributed by atoms with Gasteiger partial charge in [-0.1, -0.05) is 0 Å². The van der Waals surface area contributed by atoms with Gasteiger partial charge < -0.3 is 28.4 Å². The Balaban J connectivity index is 1.98. The van der Waals surface area contributed by atoms with Crippen LogP contribution in [0.3, 0.4) is 0 Å². The molecule has 2 aromatic carbocycles. The van der Waals surface area contributed by atoms with Gasteiger partial charge in [0.25, 0.3) is 0 Å². The third kappa shape index (κ3) is 5.18. The molecule has 3 rings (SSSR count). The summed E-state index contributed by atoms with van der Waals surface area (Å²) in [5.74, 6) is 0.628. The molecule has 0 bridgehead atoms. The summed E-state index contributed by atoms with van der Waals surface area (Å²) in [5, 5.41) is 0. The zero-order valence-corrected chi connectivity index (χ0v) is 18.3. The molecule has 9 heteroatoms. The minimum atomic E-state index is -0.514. The normalized spacial score (nSPS) is 13.1. The van der Waals surface area contributed by atoms with Crippen LogP contribution in [0.25, 0.3) is 6.08 Å². The molecule has 0 atom stereocenters. The van der Waals surface area contributed by atoms with Crippen molar-refractivity contribution in [1.82, 2.24) is 0 Å². The van der Waals surface area contributed by atoms with E-state index in [0.717, 1.165) is 0 Å². The Labute approximate surface area is 184 Å². The number of carbonyl (C=O) groups excluding carboxylic acids is 3. The van der Waals surface area contributed by atoms with Crippen LogP contribution in [0.4, 0.5) is 0 Å². The minimum Gasteiger partial charge on any atom is -0.493 e. The van der Waals surface area contributed by atoms with E-state index in [4.69, 9.17) is 28.4 Å². The Morgan fingerprint density at radius 3 is 1.94 bits per heavy atom. The van der Waals surface area contributed by atoms with Crippen LogP contribution < -0.4 is 28.4 Å². The highest BCUT2D eigenvalue weighted by Gasteiger charge is 2.25. The molecule has 0 unspecified atom stereocenters. The highest BCUT2D eigenvalue weighted by atomic mass is 16.6. The number of esters is 3. The third-order valence-corrected chi connectivity index (χ3v) is 4.31. The summed E-state index contributed by atoms with van der Waals surface area (Å²) in [4.78, 5) is 34.3. The highest BCUT2D eigenvalue weighted by molar-refractivity contribution is 5.75. The van der Waals surface area contributed by atoms with Crippen molar-refractivity contribution >= 4 is 24.0 Å². The molecular formula is C23H22O9. The quantitative estimate of drug-likeness (QED) is 0.491. The van der Waals surface area contributed by atoms with Crippen molar-refractivity contribution < 1.29 is 42.8 Å². The molecule has 2 aromatic rings. The van der Waals surface area contributed by atoms with Crippen molar-refractivity contribution in [1.29, 1.82) is 0 Å². The minimum absolute atomic E-state index is 0.170. The monoisotopic (exact) mass is 442 g/mol. The van der Waals surface area contributed by atoms with Crippen LogP contribution in [-0.2, 0) is 20.8 Å². The van der Waals surface area contributed by atoms with Gasteiger partial charge >= 0.3 is 17.9 Å². The fourth-order valence-corrected chi connectivity index (χ4v) is 3.18. The van der Waals surface area contributed by atoms with Gasteiger partial charge in [0.05, 0.1) is 14.2 Å². The van der Waals surface area contributed by atoms with E-state index in [1.807, 2.05) is 0 Å². The van der Waals surface area contributed by atoms with Crippen molar-refractivity contribution in [3.8, 4) is 34.5 Å². The Morgan fingerprint density at radius 2 is 1.41 bits per heavy atom. The van der Waals surface area contributed by atoms with Gasteiger partial charge in [0.1, 0.15) is 23.0 Å². The van der Waals surface area contributed by atoms with E-state index in [9.17, 15) is 14.4 Å². The molecule has 9 nitrogen and oxygen atoms in total. The number of hydrogen-bond donors (Lipinski definition) is 0. The summed E-state index contributed by atoms with van der Waals surface area (Å²) in [7, 11) is 2.89. The smallest absolute Gasteiger partial charge is 0.308 e. The first-order valence-electron chi connectivity index (χ1n) is 9.56. The van der Waals surface area contributed by atoms with Crippen molar-refractivity contribution in [3.63, 3.8) is 0 Å². The third-order valence-electron chi connectivity index (χ3n) is 4.31. The molecule has 0 N–H and O–H groups in total. The summed E-state index contributed by atoms with van der Waals surface area (Å²) in [6.45, 7) is 3.83. The highest BCUT2D eigenvalue weighted by Crippen LogP contribution is 2.43. The molecule has 32 heavy (non-hydrogen) atoms. The fraction of sp³-hybridized carbons (Fsp3) is 0.261. The second kappa shape index (κ2) is 9.42. The Bertz CT molecular complexity index is 1090. The van der Waals surface area contributed by atoms with E-state index >= 15 is 0 Å². The predicted octanol–water partition coefficient (Wildman–Crippen LogP) is 3.46. The Hall–Kier alpha value is -4.01. The molecule has 0 fully saturated rings. The lowest BCUT2D eigenvalue weighted by Crippen LogP contribution is -2.05. The molecule has 0 amide bonds. The maximum atomic E-state index is 11.5. The Morgan fingerprint density at radius 1 is 0.812 bits per heavy atom. The number of rotatable bonds is 6. The first-order chi connectivity index (χ1) is 15.2. The van der Waals surface area contributed by atoms with Crippen LogP contribution in [0.15, 0.2) is 30.0 Å². The number of allylic oxidation sites excluding steroid dienone is 1. The second-order valence-electron chi connectivity index (χ2n) is 6.82. The SMILES string of the molecule is COc1cc(/C=C2/Cc3c(OC(C)=O)cc(OC(C)=O)cc3O2)cc(OC)c1OC(C)=O. The summed E-state index contributed by atoms with van der Waals surface area (Å²) in [6.07, 6.45) is 2.07. The number of benzene rings is 2. The summed E-state index contributed by atoms with van der Waals surface area (Å²) >= 11 is 0. The van der Waals surface area contributed by atoms with Crippen LogP contribution >= 0.6 is 0 Å². The summed E-state index contributed by atoms with van der Waals surface area (Å²) in [5.41, 5.74) is 1.30. The van der Waals surface area contributed by atoms with Crippen LogP contribution in [0.1, 0.15) is 31.9 Å². The number of carbonyl (C=O) groups is 3. The Kier molecular flexibility index (Phi) is 6.67. The number of ether oxygens (including phenoxy) is 6. The molecule has 1 heterocycles. The molecule has 168 valence electrons. The second-order valence-corrected chi connectivity index (χ2v) is 6.82. The average molecular weight is 442 g/mol. The van der Waals surface area contributed by atoms with Crippen LogP contribution in [0.5, 0.6) is 34.5 Å². The van der Waals surface area contributed by atoms with E-state index in [1.165, 1.54) is 41.1 Å². The van der Waals surface area contributed by atoms with Crippen LogP contribution in [-0.4, -0.2) is 32.1 Å². The van der Waals surface area contributed by atoms with Crippen molar-refractivity contribution in [2.24, 2.45) is 0 Å². The van der Waals surface area contributed by atoms with E-state index in [0.29, 0.717) is 40.6 Å². The topological polar surface area (TPSA) is 107 Å². The molecule has 0 spiro atoms. The van der Waals surface area contributed by atoms with Crippen molar-refractivity contribution in [2.75, 3.05) is 14.2 Å². The van der Waals surface area contributed by atoms with Gasteiger partial charge in [-0.2, -0.15) is 0 Å². The molecule has 0 aromatic heterocycles. The average Bonchev–Trinajstić information content (AvgIpc) is 3.10. The maximum Gasteiger partial charge on any atom is 0.308 e. The van der Waals surface area contributed by atoms with Crippen LogP contribution in [0, 0.1) is 0 Å². The first kappa shape index (κ1) is 22.7. The fourth-order valence-electron chi connectivity index (χ4n) is 3.18. The molecule has 0 saturated carbocycles. The van der Waals surface area contributed by atoms with Gasteiger partial charge in [-0.25, -0.2) is 0 Å². The lowest BCUT2D eigenvalue weighted by molar-refractivity contribution is -0.133. The molecule has 0 saturated heterocycles. The van der Waals surface area contributed by atoms with E-state index < -0.39 is 17.9 Å². The van der Waals surface area contributed by atoms with E-state index in [1.54, 1.807) is 24.3 Å². The van der Waals surface area contributed by atoms with Gasteiger partial charge in [0.2, 0.25) is 5.75 Å². The van der Waals surface area contributed by atoms with Gasteiger partial charge in [-0.05, 0) is 23.8 Å². The van der Waals surface area contributed by atoms with E-state index in [2.05, 4.69) is 0 Å². The van der Waals surface area contributed by atoms with Gasteiger partial charge in [-0.15, -0.1) is 0 Å². The molecule has 0 radical (unpaired) electrons. The van der Waals surface area contributed by atoms with Crippen molar-refractivity contribution in [3.05, 3.63) is 41.2 Å². The summed E-state index contributed by atoms with van der Waals surface area (Å²) in [6, 6.07) is 6.35. The lowest BCUT2D eigenvalue weighted by Gasteiger charge is -2.13. The standard InChI is InChI=1S/C23H22O9/c1-12(24)29-17-10-19(30-13(2)25)18-9-16(32-20(18)11-17)6-15-7-21(27-4)23(31-14(3)26)22(8-15)28-5/h6-8,10-11H,9H2,1-5H3/b16-6-. The van der Waals surface area contributed by atoms with E-state index in [-0.39, 0.29) is 17.2 Å². The van der Waals surface area contributed by atoms with Gasteiger partial charge in [0.15, 0.2) is 11.5 Å². The zero-order chi connectivity index (χ0) is 23.4. The zero-order valence-electron chi connectivity index (χ0n) is 18.3. The lowest BCUT2D eigenvalue weighted by atomic mass is 10.1. The molecule has 1 aliphatic rings. The van der Waals surface area contributed by atoms with Gasteiger partial charge in [-0.3, -0.25) is 14.4 Å². The van der Waals surface area contributed by atoms with Gasteiger partial charge in [0, 0.05) is 44.9 Å². The largest absolute Gasteiger partial charge is 0.493 e. The summed E-state index contributed by atoms with van der Waals surface area (Å²) < 4.78 is 32.2. The van der Waals surface area contributed by atoms with Crippen molar-refractivity contribution in [2.45, 2.75) is 27.2 Å². The van der Waals surface area contributed by atoms with Crippen LogP contribution in [0.2, 0.25) is 0 Å². The number of methoxy groups -OCH3 is 2. The predicted molar refractivity (Wildman–Crippen MR) is 112 cm³/mol. The molecule has 1 aliphatic heterocycles. The maximum absolute atomic E-state index is 11.5. The number of fused-ring (bicyclic) bond motifs is 1. The number of hydrogen-bond acceptors (Lipinski definition) is 9.